The molecule has 0 aromatic heterocycles. The summed E-state index contributed by atoms with van der Waals surface area (Å²) in [5.41, 5.74) is 2.35. The van der Waals surface area contributed by atoms with Gasteiger partial charge < -0.3 is 10.1 Å². The van der Waals surface area contributed by atoms with Crippen molar-refractivity contribution in [1.82, 2.24) is 5.32 Å². The van der Waals surface area contributed by atoms with Gasteiger partial charge in [-0.3, -0.25) is 4.79 Å². The highest BCUT2D eigenvalue weighted by atomic mass is 79.9. The number of nitrogens with one attached hydrogen (secondary N) is 1. The Labute approximate surface area is 117 Å². The molecule has 0 heterocycles. The first-order valence-corrected chi connectivity index (χ1v) is 6.81. The van der Waals surface area contributed by atoms with Crippen LogP contribution in [0, 0.1) is 12.8 Å². The quantitative estimate of drug-likeness (QED) is 0.849. The van der Waals surface area contributed by atoms with Crippen LogP contribution in [0.15, 0.2) is 22.7 Å². The summed E-state index contributed by atoms with van der Waals surface area (Å²) in [5, 5.41) is 3.24. The minimum absolute atomic E-state index is 0.203. The fourth-order valence-electron chi connectivity index (χ4n) is 1.76. The van der Waals surface area contributed by atoms with Crippen LogP contribution in [0.4, 0.5) is 0 Å². The van der Waals surface area contributed by atoms with Gasteiger partial charge >= 0.3 is 5.97 Å². The zero-order valence-corrected chi connectivity index (χ0v) is 12.9. The molecule has 1 rings (SSSR count). The molecule has 0 fully saturated rings. The molecule has 0 aliphatic carbocycles. The van der Waals surface area contributed by atoms with Gasteiger partial charge in [0, 0.05) is 11.0 Å². The first kappa shape index (κ1) is 15.2. The molecular formula is C14H20BrNO2. The largest absolute Gasteiger partial charge is 0.468 e. The van der Waals surface area contributed by atoms with E-state index in [0.717, 1.165) is 10.0 Å². The van der Waals surface area contributed by atoms with Crippen molar-refractivity contribution in [2.45, 2.75) is 33.4 Å². The van der Waals surface area contributed by atoms with Crippen molar-refractivity contribution in [3.63, 3.8) is 0 Å². The van der Waals surface area contributed by atoms with Crippen LogP contribution in [0.2, 0.25) is 0 Å². The molecule has 100 valence electrons. The van der Waals surface area contributed by atoms with Gasteiger partial charge in [-0.2, -0.15) is 0 Å². The van der Waals surface area contributed by atoms with Gasteiger partial charge in [0.1, 0.15) is 6.04 Å². The fraction of sp³-hybridized carbons (Fsp3) is 0.500. The van der Waals surface area contributed by atoms with E-state index in [2.05, 4.69) is 27.3 Å². The third-order valence-electron chi connectivity index (χ3n) is 2.87. The number of benzene rings is 1. The summed E-state index contributed by atoms with van der Waals surface area (Å²) in [4.78, 5) is 11.6. The summed E-state index contributed by atoms with van der Waals surface area (Å²) in [6, 6.07) is 5.90. The lowest BCUT2D eigenvalue weighted by Gasteiger charge is -2.20. The van der Waals surface area contributed by atoms with Crippen molar-refractivity contribution in [3.8, 4) is 0 Å². The van der Waals surface area contributed by atoms with Crippen LogP contribution >= 0.6 is 15.9 Å². The Morgan fingerprint density at radius 2 is 2.11 bits per heavy atom. The molecule has 0 unspecified atom stereocenters. The molecule has 1 aromatic rings. The predicted molar refractivity (Wildman–Crippen MR) is 76.4 cm³/mol. The zero-order chi connectivity index (χ0) is 13.7. The number of carbonyl (C=O) groups excluding carboxylic acids is 1. The number of methoxy groups -OCH3 is 1. The van der Waals surface area contributed by atoms with Crippen molar-refractivity contribution in [2.24, 2.45) is 5.92 Å². The topological polar surface area (TPSA) is 38.3 Å². The van der Waals surface area contributed by atoms with E-state index in [9.17, 15) is 4.79 Å². The lowest BCUT2D eigenvalue weighted by molar-refractivity contribution is -0.144. The Morgan fingerprint density at radius 1 is 1.44 bits per heavy atom. The number of esters is 1. The number of rotatable bonds is 5. The lowest BCUT2D eigenvalue weighted by Crippen LogP contribution is -2.41. The molecule has 3 nitrogen and oxygen atoms in total. The van der Waals surface area contributed by atoms with Gasteiger partial charge in [-0.1, -0.05) is 41.9 Å². The number of hydrogen-bond acceptors (Lipinski definition) is 3. The van der Waals surface area contributed by atoms with Gasteiger partial charge in [-0.25, -0.2) is 0 Å². The van der Waals surface area contributed by atoms with Crippen LogP contribution in [0.3, 0.4) is 0 Å². The summed E-state index contributed by atoms with van der Waals surface area (Å²) in [7, 11) is 1.42. The van der Waals surface area contributed by atoms with Crippen LogP contribution < -0.4 is 5.32 Å². The van der Waals surface area contributed by atoms with Gasteiger partial charge in [0.15, 0.2) is 0 Å². The monoisotopic (exact) mass is 313 g/mol. The Balaban J connectivity index is 2.67. The maximum absolute atomic E-state index is 11.6. The number of halogens is 1. The minimum atomic E-state index is -0.265. The lowest BCUT2D eigenvalue weighted by atomic mass is 10.0. The molecule has 1 N–H and O–H groups in total. The van der Waals surface area contributed by atoms with E-state index in [0.29, 0.717) is 6.54 Å². The van der Waals surface area contributed by atoms with E-state index >= 15 is 0 Å². The second kappa shape index (κ2) is 6.90. The summed E-state index contributed by atoms with van der Waals surface area (Å²) in [6.07, 6.45) is 0. The Bertz CT molecular complexity index is 418. The molecule has 0 saturated heterocycles. The second-order valence-electron chi connectivity index (χ2n) is 4.71. The minimum Gasteiger partial charge on any atom is -0.468 e. The van der Waals surface area contributed by atoms with Gasteiger partial charge in [-0.15, -0.1) is 0 Å². The van der Waals surface area contributed by atoms with Crippen LogP contribution in [-0.4, -0.2) is 19.1 Å². The predicted octanol–water partition coefficient (Wildman–Crippen LogP) is 3.04. The first-order chi connectivity index (χ1) is 8.45. The fourth-order valence-corrected chi connectivity index (χ4v) is 2.01. The standard InChI is InChI=1S/C14H20BrNO2/c1-9(2)13(14(17)18-4)16-8-11-5-6-12(15)10(3)7-11/h5-7,9,13,16H,8H2,1-4H3/t13-/m0/s1. The molecule has 0 bridgehead atoms. The zero-order valence-electron chi connectivity index (χ0n) is 11.3. The molecule has 0 radical (unpaired) electrons. The van der Waals surface area contributed by atoms with Crippen molar-refractivity contribution in [1.29, 1.82) is 0 Å². The smallest absolute Gasteiger partial charge is 0.323 e. The number of aryl methyl sites for hydroxylation is 1. The molecule has 4 heteroatoms. The number of hydrogen-bond donors (Lipinski definition) is 1. The average molecular weight is 314 g/mol. The molecule has 0 saturated carbocycles. The maximum Gasteiger partial charge on any atom is 0.323 e. The van der Waals surface area contributed by atoms with E-state index in [4.69, 9.17) is 4.74 Å². The third-order valence-corrected chi connectivity index (χ3v) is 3.76. The molecule has 1 aromatic carbocycles. The van der Waals surface area contributed by atoms with Crippen LogP contribution in [0.25, 0.3) is 0 Å². The molecule has 1 atom stereocenters. The molecular weight excluding hydrogens is 294 g/mol. The van der Waals surface area contributed by atoms with Crippen molar-refractivity contribution in [2.75, 3.05) is 7.11 Å². The summed E-state index contributed by atoms with van der Waals surface area (Å²) in [6.45, 7) is 6.71. The molecule has 0 aliphatic heterocycles. The molecule has 0 amide bonds. The average Bonchev–Trinajstić information content (AvgIpc) is 2.33. The van der Waals surface area contributed by atoms with Crippen LogP contribution in [0.5, 0.6) is 0 Å². The van der Waals surface area contributed by atoms with Gasteiger partial charge in [0.25, 0.3) is 0 Å². The van der Waals surface area contributed by atoms with E-state index in [1.54, 1.807) is 0 Å². The van der Waals surface area contributed by atoms with Crippen LogP contribution in [0.1, 0.15) is 25.0 Å². The van der Waals surface area contributed by atoms with Crippen LogP contribution in [-0.2, 0) is 16.1 Å². The molecule has 0 aliphatic rings. The highest BCUT2D eigenvalue weighted by molar-refractivity contribution is 9.10. The second-order valence-corrected chi connectivity index (χ2v) is 5.56. The Hall–Kier alpha value is -0.870. The highest BCUT2D eigenvalue weighted by Crippen LogP contribution is 2.17. The van der Waals surface area contributed by atoms with E-state index in [1.165, 1.54) is 12.7 Å². The van der Waals surface area contributed by atoms with Crippen molar-refractivity contribution < 1.29 is 9.53 Å². The third kappa shape index (κ3) is 4.10. The normalized spacial score (nSPS) is 12.6. The molecule has 18 heavy (non-hydrogen) atoms. The number of carbonyl (C=O) groups is 1. The summed E-state index contributed by atoms with van der Waals surface area (Å²) >= 11 is 3.47. The van der Waals surface area contributed by atoms with Gasteiger partial charge in [0.05, 0.1) is 7.11 Å². The van der Waals surface area contributed by atoms with Gasteiger partial charge in [-0.05, 0) is 30.0 Å². The number of ether oxygens (including phenoxy) is 1. The Morgan fingerprint density at radius 3 is 2.61 bits per heavy atom. The van der Waals surface area contributed by atoms with E-state index in [1.807, 2.05) is 32.9 Å². The van der Waals surface area contributed by atoms with E-state index < -0.39 is 0 Å². The Kier molecular flexibility index (Phi) is 5.82. The van der Waals surface area contributed by atoms with Crippen molar-refractivity contribution in [3.05, 3.63) is 33.8 Å². The van der Waals surface area contributed by atoms with Crippen molar-refractivity contribution >= 4 is 21.9 Å². The molecule has 0 spiro atoms. The highest BCUT2D eigenvalue weighted by Gasteiger charge is 2.21. The SMILES string of the molecule is COC(=O)[C@@H](NCc1ccc(Br)c(C)c1)C(C)C. The maximum atomic E-state index is 11.6. The first-order valence-electron chi connectivity index (χ1n) is 6.02. The van der Waals surface area contributed by atoms with Gasteiger partial charge in [0.2, 0.25) is 0 Å². The summed E-state index contributed by atoms with van der Waals surface area (Å²) in [5.74, 6) is -0.00664. The summed E-state index contributed by atoms with van der Waals surface area (Å²) < 4.78 is 5.89. The van der Waals surface area contributed by atoms with E-state index in [-0.39, 0.29) is 17.9 Å².